The second kappa shape index (κ2) is 12.0. The largest absolute Gasteiger partial charge is 0.411 e. The van der Waals surface area contributed by atoms with Gasteiger partial charge in [0, 0.05) is 6.20 Å². The summed E-state index contributed by atoms with van der Waals surface area (Å²) in [6.45, 7) is 25.1. The van der Waals surface area contributed by atoms with Crippen molar-refractivity contribution in [3.63, 3.8) is 0 Å². The monoisotopic (exact) mass is 651 g/mol. The van der Waals surface area contributed by atoms with Gasteiger partial charge in [0.15, 0.2) is 22.5 Å². The van der Waals surface area contributed by atoms with E-state index in [1.54, 1.807) is 12.4 Å². The van der Waals surface area contributed by atoms with E-state index in [0.29, 0.717) is 5.69 Å². The van der Waals surface area contributed by atoms with Gasteiger partial charge in [-0.05, 0) is 101 Å². The van der Waals surface area contributed by atoms with Crippen LogP contribution < -0.4 is 5.32 Å². The quantitative estimate of drug-likeness (QED) is 0.239. The first kappa shape index (κ1) is 33.0. The lowest BCUT2D eigenvalue weighted by molar-refractivity contribution is -0.0304. The van der Waals surface area contributed by atoms with Gasteiger partial charge in [0.2, 0.25) is 0 Å². The van der Waals surface area contributed by atoms with E-state index in [9.17, 15) is 9.18 Å². The van der Waals surface area contributed by atoms with Gasteiger partial charge >= 0.3 is 0 Å². The molecule has 1 amide bonds. The number of nitrogens with one attached hydrogen (secondary N) is 1. The van der Waals surface area contributed by atoms with E-state index >= 15 is 0 Å². The van der Waals surface area contributed by atoms with Crippen molar-refractivity contribution < 1.29 is 18.0 Å². The van der Waals surface area contributed by atoms with Crippen LogP contribution in [0.25, 0.3) is 0 Å². The Morgan fingerprint density at radius 1 is 1.00 bits per heavy atom. The predicted molar refractivity (Wildman–Crippen MR) is 169 cm³/mol. The van der Waals surface area contributed by atoms with Crippen LogP contribution in [0.5, 0.6) is 0 Å². The molecule has 222 valence electrons. The summed E-state index contributed by atoms with van der Waals surface area (Å²) in [7, 11) is -4.15. The first-order valence-corrected chi connectivity index (χ1v) is 20.8. The fraction of sp³-hybridized carbons (Fsp3) is 0.633. The van der Waals surface area contributed by atoms with Gasteiger partial charge in [0.05, 0.1) is 24.1 Å². The molecule has 4 atom stereocenters. The van der Waals surface area contributed by atoms with Crippen LogP contribution in [0, 0.1) is 11.7 Å². The highest BCUT2D eigenvalue weighted by Gasteiger charge is 2.48. The second-order valence-electron chi connectivity index (χ2n) is 14.3. The minimum Gasteiger partial charge on any atom is -0.411 e. The summed E-state index contributed by atoms with van der Waals surface area (Å²) in [5, 5.41) is 3.14. The van der Waals surface area contributed by atoms with E-state index in [0.717, 1.165) is 18.4 Å². The van der Waals surface area contributed by atoms with Gasteiger partial charge in [-0.15, -0.1) is 0 Å². The Balaban J connectivity index is 1.94. The molecule has 1 fully saturated rings. The van der Waals surface area contributed by atoms with Gasteiger partial charge in [-0.3, -0.25) is 9.78 Å². The molecule has 3 rings (SSSR count). The van der Waals surface area contributed by atoms with Crippen LogP contribution in [0.15, 0.2) is 35.2 Å². The number of halogens is 2. The number of pyridine rings is 2. The van der Waals surface area contributed by atoms with E-state index in [2.05, 4.69) is 106 Å². The molecule has 0 spiro atoms. The molecule has 0 saturated heterocycles. The Bertz CT molecular complexity index is 1210. The van der Waals surface area contributed by atoms with E-state index < -0.39 is 28.4 Å². The lowest BCUT2D eigenvalue weighted by Gasteiger charge is -2.50. The number of carbonyl (C=O) groups excluding carboxylic acids is 1. The average molecular weight is 653 g/mol. The lowest BCUT2D eigenvalue weighted by Crippen LogP contribution is -2.55. The number of aromatic nitrogens is 2. The molecule has 10 heteroatoms. The van der Waals surface area contributed by atoms with E-state index in [1.807, 2.05) is 6.07 Å². The number of hydrogen-bond acceptors (Lipinski definition) is 5. The maximum Gasteiger partial charge on any atom is 0.274 e. The van der Waals surface area contributed by atoms with Gasteiger partial charge in [-0.1, -0.05) is 48.5 Å². The second-order valence-corrected chi connectivity index (χ2v) is 24.6. The summed E-state index contributed by atoms with van der Waals surface area (Å²) >= 11 is 3.07. The molecule has 40 heavy (non-hydrogen) atoms. The maximum atomic E-state index is 13.7. The lowest BCUT2D eigenvalue weighted by atomic mass is 9.75. The number of anilines is 1. The zero-order valence-electron chi connectivity index (χ0n) is 26.0. The van der Waals surface area contributed by atoms with Crippen molar-refractivity contribution in [2.45, 2.75) is 116 Å². The first-order chi connectivity index (χ1) is 18.2. The van der Waals surface area contributed by atoms with Crippen LogP contribution in [-0.4, -0.2) is 44.7 Å². The van der Waals surface area contributed by atoms with Crippen molar-refractivity contribution in [1.29, 1.82) is 0 Å². The Kier molecular flexibility index (Phi) is 9.94. The zero-order valence-corrected chi connectivity index (χ0v) is 29.6. The molecule has 0 unspecified atom stereocenters. The van der Waals surface area contributed by atoms with Crippen LogP contribution >= 0.6 is 15.9 Å². The Hall–Kier alpha value is -1.47. The summed E-state index contributed by atoms with van der Waals surface area (Å²) in [6.07, 6.45) is 5.10. The number of nitrogens with zero attached hydrogens (tertiary/aromatic N) is 2. The molecule has 0 bridgehead atoms. The van der Waals surface area contributed by atoms with Crippen molar-refractivity contribution >= 4 is 44.2 Å². The highest BCUT2D eigenvalue weighted by atomic mass is 79.9. The van der Waals surface area contributed by atoms with Crippen LogP contribution in [0.1, 0.15) is 83.3 Å². The number of rotatable bonds is 7. The molecular formula is C30H47BrFN3O3Si2. The molecule has 2 aromatic heterocycles. The normalized spacial score (nSPS) is 22.7. The van der Waals surface area contributed by atoms with Crippen LogP contribution in [0.3, 0.4) is 0 Å². The molecule has 1 N–H and O–H groups in total. The van der Waals surface area contributed by atoms with Crippen LogP contribution in [0.4, 0.5) is 10.1 Å². The minimum absolute atomic E-state index is 0.00561. The highest BCUT2D eigenvalue weighted by Crippen LogP contribution is 2.47. The highest BCUT2D eigenvalue weighted by molar-refractivity contribution is 9.10. The third-order valence-electron chi connectivity index (χ3n) is 9.17. The van der Waals surface area contributed by atoms with Crippen molar-refractivity contribution in [2.24, 2.45) is 5.92 Å². The predicted octanol–water partition coefficient (Wildman–Crippen LogP) is 8.92. The summed E-state index contributed by atoms with van der Waals surface area (Å²) in [5.74, 6) is -0.520. The molecule has 0 aliphatic heterocycles. The number of amides is 1. The fourth-order valence-corrected chi connectivity index (χ4v) is 7.77. The molecular weight excluding hydrogens is 605 g/mol. The van der Waals surface area contributed by atoms with Crippen LogP contribution in [0.2, 0.25) is 36.3 Å². The van der Waals surface area contributed by atoms with Crippen molar-refractivity contribution in [2.75, 3.05) is 5.32 Å². The topological polar surface area (TPSA) is 73.3 Å². The molecule has 0 aromatic carbocycles. The molecule has 1 saturated carbocycles. The summed E-state index contributed by atoms with van der Waals surface area (Å²) in [5.41, 5.74) is 1.79. The van der Waals surface area contributed by atoms with Crippen molar-refractivity contribution in [3.05, 3.63) is 52.3 Å². The van der Waals surface area contributed by atoms with Gasteiger partial charge in [0.25, 0.3) is 5.91 Å². The number of carbonyl (C=O) groups is 1. The minimum atomic E-state index is -2.10. The van der Waals surface area contributed by atoms with Crippen molar-refractivity contribution in [3.8, 4) is 0 Å². The number of hydrogen-bond donors (Lipinski definition) is 1. The smallest absolute Gasteiger partial charge is 0.274 e. The third kappa shape index (κ3) is 7.48. The van der Waals surface area contributed by atoms with Crippen LogP contribution in [-0.2, 0) is 8.85 Å². The Morgan fingerprint density at radius 3 is 2.17 bits per heavy atom. The van der Waals surface area contributed by atoms with Gasteiger partial charge < -0.3 is 14.2 Å². The summed E-state index contributed by atoms with van der Waals surface area (Å²) < 4.78 is 27.9. The summed E-state index contributed by atoms with van der Waals surface area (Å²) in [6, 6.07) is 4.59. The zero-order chi connectivity index (χ0) is 30.3. The molecule has 6 nitrogen and oxygen atoms in total. The maximum absolute atomic E-state index is 13.7. The van der Waals surface area contributed by atoms with E-state index in [-0.39, 0.29) is 44.4 Å². The standard InChI is InChI=1S/C30H47BrFN3O3Si2/c1-19-16-20(21-14-15-33-18-24(21)35-28(36)23-13-12-22(32)27(31)34-23)17-25(37-39(8,9)29(2,3)4)26(19)38-40(10,11)30(5,6)7/h12-15,18-20,25-26H,16-17H2,1-11H3,(H,35,36)/t19-,20-,25-,26+/m1/s1. The van der Waals surface area contributed by atoms with E-state index in [4.69, 9.17) is 8.85 Å². The van der Waals surface area contributed by atoms with Gasteiger partial charge in [-0.2, -0.15) is 0 Å². The molecule has 0 radical (unpaired) electrons. The van der Waals surface area contributed by atoms with Gasteiger partial charge in [-0.25, -0.2) is 9.37 Å². The molecule has 1 aliphatic rings. The average Bonchev–Trinajstić information content (AvgIpc) is 2.81. The van der Waals surface area contributed by atoms with Crippen molar-refractivity contribution in [1.82, 2.24) is 9.97 Å². The Morgan fingerprint density at radius 2 is 1.60 bits per heavy atom. The van der Waals surface area contributed by atoms with Gasteiger partial charge in [0.1, 0.15) is 10.3 Å². The fourth-order valence-electron chi connectivity index (χ4n) is 4.69. The Labute approximate surface area is 250 Å². The third-order valence-corrected chi connectivity index (χ3v) is 18.7. The molecule has 2 aromatic rings. The molecule has 1 aliphatic carbocycles. The summed E-state index contributed by atoms with van der Waals surface area (Å²) in [4.78, 5) is 21.4. The first-order valence-electron chi connectivity index (χ1n) is 14.2. The molecule has 2 heterocycles. The van der Waals surface area contributed by atoms with E-state index in [1.165, 1.54) is 12.1 Å². The SMILES string of the molecule is C[C@@H]1C[C@@H](c2ccncc2NC(=O)c2ccc(F)c(Br)n2)C[C@@H](O[Si](C)(C)C(C)(C)C)[C@H]1O[Si](C)(C)C(C)(C)C.